The predicted molar refractivity (Wildman–Crippen MR) is 124 cm³/mol. The van der Waals surface area contributed by atoms with Crippen LogP contribution in [0.4, 0.5) is 0 Å². The lowest BCUT2D eigenvalue weighted by Crippen LogP contribution is -2.36. The van der Waals surface area contributed by atoms with Crippen LogP contribution in [0.15, 0.2) is 29.1 Å². The summed E-state index contributed by atoms with van der Waals surface area (Å²) in [6.45, 7) is 7.70. The molecule has 7 heteroatoms. The topological polar surface area (TPSA) is 78.5 Å². The minimum absolute atomic E-state index is 0.0421. The molecule has 172 valence electrons. The second kappa shape index (κ2) is 9.86. The quantitative estimate of drug-likeness (QED) is 0.719. The summed E-state index contributed by atoms with van der Waals surface area (Å²) in [5.41, 5.74) is 2.75. The second-order valence-corrected chi connectivity index (χ2v) is 8.93. The van der Waals surface area contributed by atoms with Crippen LogP contribution >= 0.6 is 0 Å². The summed E-state index contributed by atoms with van der Waals surface area (Å²) in [5, 5.41) is 0. The lowest BCUT2D eigenvalue weighted by atomic mass is 10.0. The Labute approximate surface area is 189 Å². The molecule has 0 unspecified atom stereocenters. The van der Waals surface area contributed by atoms with Crippen molar-refractivity contribution in [3.8, 4) is 5.75 Å². The van der Waals surface area contributed by atoms with Crippen molar-refractivity contribution in [2.24, 2.45) is 5.92 Å². The first-order chi connectivity index (χ1) is 15.5. The van der Waals surface area contributed by atoms with Crippen LogP contribution in [0.25, 0.3) is 0 Å². The molecule has 0 saturated carbocycles. The molecule has 0 aliphatic carbocycles. The normalized spacial score (nSPS) is 18.8. The number of para-hydroxylation sites is 1. The lowest BCUT2D eigenvalue weighted by molar-refractivity contribution is -0.134. The minimum Gasteiger partial charge on any atom is -0.496 e. The molecule has 3 heterocycles. The largest absolute Gasteiger partial charge is 0.496 e. The average Bonchev–Trinajstić information content (AvgIpc) is 3.31. The van der Waals surface area contributed by atoms with E-state index in [4.69, 9.17) is 9.72 Å². The molecule has 2 aromatic rings. The van der Waals surface area contributed by atoms with Crippen molar-refractivity contribution in [1.29, 1.82) is 0 Å². The fourth-order valence-electron chi connectivity index (χ4n) is 4.98. The lowest BCUT2D eigenvalue weighted by Gasteiger charge is -2.28. The number of nitrogens with one attached hydrogen (secondary N) is 1. The number of methoxy groups -OCH3 is 1. The Hall–Kier alpha value is -2.67. The monoisotopic (exact) mass is 438 g/mol. The SMILES string of the molecule is CCC(CC)C(=O)N1CC[C@H](c2nc3c(c(=O)[nH]2)CN(Cc2ccccc2OC)CC3)C1. The van der Waals surface area contributed by atoms with Gasteiger partial charge in [0.15, 0.2) is 0 Å². The highest BCUT2D eigenvalue weighted by Gasteiger charge is 2.32. The number of H-pyrrole nitrogens is 1. The number of benzene rings is 1. The van der Waals surface area contributed by atoms with Crippen LogP contribution in [0.2, 0.25) is 0 Å². The summed E-state index contributed by atoms with van der Waals surface area (Å²) in [4.78, 5) is 37.8. The van der Waals surface area contributed by atoms with E-state index in [1.54, 1.807) is 7.11 Å². The number of hydrogen-bond acceptors (Lipinski definition) is 5. The van der Waals surface area contributed by atoms with E-state index in [1.807, 2.05) is 23.1 Å². The highest BCUT2D eigenvalue weighted by atomic mass is 16.5. The van der Waals surface area contributed by atoms with Gasteiger partial charge in [-0.3, -0.25) is 14.5 Å². The van der Waals surface area contributed by atoms with Crippen LogP contribution < -0.4 is 10.3 Å². The number of nitrogens with zero attached hydrogens (tertiary/aromatic N) is 3. The molecule has 1 saturated heterocycles. The molecule has 1 atom stereocenters. The highest BCUT2D eigenvalue weighted by Crippen LogP contribution is 2.28. The Kier molecular flexibility index (Phi) is 6.94. The standard InChI is InChI=1S/C25H34N4O3/c1-4-17(5-2)25(31)29-13-10-19(15-29)23-26-21-11-12-28(16-20(21)24(30)27-23)14-18-8-6-7-9-22(18)32-3/h6-9,17,19H,4-5,10-16H2,1-3H3,(H,26,27,30)/t19-/m0/s1. The number of ether oxygens (including phenoxy) is 1. The van der Waals surface area contributed by atoms with Gasteiger partial charge in [0.25, 0.3) is 5.56 Å². The van der Waals surface area contributed by atoms with Gasteiger partial charge in [0.05, 0.1) is 18.4 Å². The van der Waals surface area contributed by atoms with E-state index in [-0.39, 0.29) is 23.3 Å². The predicted octanol–water partition coefficient (Wildman–Crippen LogP) is 3.09. The summed E-state index contributed by atoms with van der Waals surface area (Å²) in [6, 6.07) is 8.00. The first kappa shape index (κ1) is 22.5. The maximum absolute atomic E-state index is 13.0. The van der Waals surface area contributed by atoms with Crippen molar-refractivity contribution in [3.05, 3.63) is 57.3 Å². The van der Waals surface area contributed by atoms with Crippen LogP contribution in [0.3, 0.4) is 0 Å². The van der Waals surface area contributed by atoms with Gasteiger partial charge in [0.1, 0.15) is 11.6 Å². The first-order valence-corrected chi connectivity index (χ1v) is 11.8. The molecule has 7 nitrogen and oxygen atoms in total. The summed E-state index contributed by atoms with van der Waals surface area (Å²) in [5.74, 6) is 2.06. The third-order valence-corrected chi connectivity index (χ3v) is 6.97. The van der Waals surface area contributed by atoms with Gasteiger partial charge in [0.2, 0.25) is 5.91 Å². The number of amides is 1. The van der Waals surface area contributed by atoms with Gasteiger partial charge in [-0.15, -0.1) is 0 Å². The first-order valence-electron chi connectivity index (χ1n) is 11.8. The zero-order valence-electron chi connectivity index (χ0n) is 19.4. The summed E-state index contributed by atoms with van der Waals surface area (Å²) in [7, 11) is 1.68. The molecule has 1 amide bonds. The zero-order valence-corrected chi connectivity index (χ0v) is 19.4. The molecule has 0 bridgehead atoms. The van der Waals surface area contributed by atoms with Crippen LogP contribution in [0.5, 0.6) is 5.75 Å². The minimum atomic E-state index is -0.0421. The van der Waals surface area contributed by atoms with Crippen LogP contribution in [0, 0.1) is 5.92 Å². The molecule has 4 rings (SSSR count). The van der Waals surface area contributed by atoms with Crippen molar-refractivity contribution in [2.45, 2.75) is 58.5 Å². The summed E-state index contributed by atoms with van der Waals surface area (Å²) >= 11 is 0. The Balaban J connectivity index is 1.46. The van der Waals surface area contributed by atoms with Crippen LogP contribution in [0.1, 0.15) is 61.7 Å². The van der Waals surface area contributed by atoms with Crippen molar-refractivity contribution >= 4 is 5.91 Å². The number of aromatic nitrogens is 2. The molecule has 2 aliphatic rings. The zero-order chi connectivity index (χ0) is 22.7. The Morgan fingerprint density at radius 3 is 2.78 bits per heavy atom. The number of carbonyl (C=O) groups excluding carboxylic acids is 1. The summed E-state index contributed by atoms with van der Waals surface area (Å²) < 4.78 is 5.47. The van der Waals surface area contributed by atoms with Gasteiger partial charge < -0.3 is 14.6 Å². The number of carbonyl (C=O) groups is 1. The number of fused-ring (bicyclic) bond motifs is 1. The fourth-order valence-corrected chi connectivity index (χ4v) is 4.98. The van der Waals surface area contributed by atoms with Gasteiger partial charge in [-0.2, -0.15) is 0 Å². The van der Waals surface area contributed by atoms with E-state index in [0.29, 0.717) is 13.1 Å². The van der Waals surface area contributed by atoms with Crippen LogP contribution in [-0.2, 0) is 24.3 Å². The van der Waals surface area contributed by atoms with E-state index < -0.39 is 0 Å². The van der Waals surface area contributed by atoms with E-state index in [1.165, 1.54) is 0 Å². The molecular formula is C25H34N4O3. The highest BCUT2D eigenvalue weighted by molar-refractivity contribution is 5.79. The van der Waals surface area contributed by atoms with E-state index in [2.05, 4.69) is 29.8 Å². The molecule has 32 heavy (non-hydrogen) atoms. The van der Waals surface area contributed by atoms with Crippen molar-refractivity contribution in [1.82, 2.24) is 19.8 Å². The van der Waals surface area contributed by atoms with Crippen molar-refractivity contribution in [3.63, 3.8) is 0 Å². The van der Waals surface area contributed by atoms with Gasteiger partial charge >= 0.3 is 0 Å². The third kappa shape index (κ3) is 4.58. The molecule has 0 radical (unpaired) electrons. The number of aromatic amines is 1. The Bertz CT molecular complexity index is 1010. The number of rotatable bonds is 7. The smallest absolute Gasteiger partial charge is 0.255 e. The maximum atomic E-state index is 13.0. The summed E-state index contributed by atoms with van der Waals surface area (Å²) in [6.07, 6.45) is 3.35. The fraction of sp³-hybridized carbons (Fsp3) is 0.560. The van der Waals surface area contributed by atoms with Crippen LogP contribution in [-0.4, -0.2) is 52.4 Å². The maximum Gasteiger partial charge on any atom is 0.255 e. The van der Waals surface area contributed by atoms with Crippen molar-refractivity contribution < 1.29 is 9.53 Å². The second-order valence-electron chi connectivity index (χ2n) is 8.93. The van der Waals surface area contributed by atoms with E-state index >= 15 is 0 Å². The van der Waals surface area contributed by atoms with Gasteiger partial charge in [-0.25, -0.2) is 4.98 Å². The average molecular weight is 439 g/mol. The molecule has 1 fully saturated rings. The van der Waals surface area contributed by atoms with Crippen molar-refractivity contribution in [2.75, 3.05) is 26.7 Å². The molecular weight excluding hydrogens is 404 g/mol. The molecule has 1 aromatic heterocycles. The Morgan fingerprint density at radius 2 is 2.03 bits per heavy atom. The van der Waals surface area contributed by atoms with E-state index in [9.17, 15) is 9.59 Å². The number of hydrogen-bond donors (Lipinski definition) is 1. The molecule has 1 aromatic carbocycles. The van der Waals surface area contributed by atoms with E-state index in [0.717, 1.165) is 73.7 Å². The third-order valence-electron chi connectivity index (χ3n) is 6.97. The Morgan fingerprint density at radius 1 is 1.25 bits per heavy atom. The number of likely N-dealkylation sites (tertiary alicyclic amines) is 1. The van der Waals surface area contributed by atoms with Gasteiger partial charge in [-0.1, -0.05) is 32.0 Å². The molecule has 0 spiro atoms. The molecule has 1 N–H and O–H groups in total. The molecule has 2 aliphatic heterocycles. The van der Waals surface area contributed by atoms with Gasteiger partial charge in [-0.05, 0) is 25.3 Å². The van der Waals surface area contributed by atoms with Gasteiger partial charge in [0, 0.05) is 56.5 Å².